The Hall–Kier alpha value is -2.37. The van der Waals surface area contributed by atoms with E-state index in [1.54, 1.807) is 0 Å². The monoisotopic (exact) mass is 395 g/mol. The number of nitrogens with zero attached hydrogens (tertiary/aromatic N) is 3. The molecule has 0 amide bonds. The molecule has 2 heterocycles. The van der Waals surface area contributed by atoms with Gasteiger partial charge < -0.3 is 11.1 Å². The Morgan fingerprint density at radius 1 is 1.42 bits per heavy atom. The lowest BCUT2D eigenvalue weighted by molar-refractivity contribution is -0.0904. The molecule has 0 saturated heterocycles. The molecule has 0 aromatic carbocycles. The van der Waals surface area contributed by atoms with E-state index in [4.69, 9.17) is 5.73 Å². The first-order chi connectivity index (χ1) is 11.8. The number of sulfonamides is 1. The van der Waals surface area contributed by atoms with Crippen LogP contribution in [0.5, 0.6) is 0 Å². The number of hydrogen-bond donors (Lipinski definition) is 2. The molecule has 1 aromatic rings. The van der Waals surface area contributed by atoms with Gasteiger partial charge in [0.1, 0.15) is 34.3 Å². The summed E-state index contributed by atoms with van der Waals surface area (Å²) in [5.41, 5.74) is 2.38. The number of allylic oxidation sites excluding steroid dienone is 2. The van der Waals surface area contributed by atoms with E-state index in [0.29, 0.717) is 0 Å². The third kappa shape index (κ3) is 3.74. The summed E-state index contributed by atoms with van der Waals surface area (Å²) in [6.45, 7) is 2.47. The number of aromatic nitrogens is 1. The molecule has 0 fully saturated rings. The van der Waals surface area contributed by atoms with Gasteiger partial charge in [-0.1, -0.05) is 6.08 Å². The molecular formula is C14H17F4N5O2S. The molecule has 3 N–H and O–H groups in total. The maximum atomic E-state index is 14.3. The summed E-state index contributed by atoms with van der Waals surface area (Å²) >= 11 is 0. The normalized spacial score (nSPS) is 23.6. The second-order valence-corrected chi connectivity index (χ2v) is 7.82. The van der Waals surface area contributed by atoms with Crippen molar-refractivity contribution in [3.63, 3.8) is 0 Å². The maximum absolute atomic E-state index is 14.3. The minimum atomic E-state index is -4.66. The summed E-state index contributed by atoms with van der Waals surface area (Å²) in [4.78, 5) is 7.81. The van der Waals surface area contributed by atoms with E-state index in [1.807, 2.05) is 0 Å². The predicted molar refractivity (Wildman–Crippen MR) is 88.2 cm³/mol. The van der Waals surface area contributed by atoms with Crippen LogP contribution in [0.4, 0.5) is 23.4 Å². The summed E-state index contributed by atoms with van der Waals surface area (Å²) in [6.07, 6.45) is -3.86. The quantitative estimate of drug-likeness (QED) is 0.762. The zero-order chi connectivity index (χ0) is 19.9. The van der Waals surface area contributed by atoms with E-state index in [0.717, 1.165) is 22.5 Å². The fourth-order valence-electron chi connectivity index (χ4n) is 2.41. The first-order valence-electron chi connectivity index (χ1n) is 7.29. The number of halogens is 4. The molecule has 2 rings (SSSR count). The van der Waals surface area contributed by atoms with Crippen LogP contribution in [0.15, 0.2) is 28.9 Å². The standard InChI is InChI=1S/C14H17F4N5O2S/c1-4-9(14(16,17)18)20-10-6-5-8(15)11(21-10)13(2)7-26(24,25)23(3)12(19)22-13/h4-6H,7H2,1-3H3,(H2,19,22)(H,20,21)/t13-/m0/s1. The molecule has 1 aliphatic heterocycles. The predicted octanol–water partition coefficient (Wildman–Crippen LogP) is 1.90. The number of nitrogens with one attached hydrogen (secondary N) is 1. The van der Waals surface area contributed by atoms with Gasteiger partial charge in [-0.25, -0.2) is 27.1 Å². The Kier molecular flexibility index (Phi) is 4.92. The average molecular weight is 395 g/mol. The van der Waals surface area contributed by atoms with Crippen LogP contribution in [0, 0.1) is 5.82 Å². The van der Waals surface area contributed by atoms with Crippen molar-refractivity contribution in [2.24, 2.45) is 10.7 Å². The Morgan fingerprint density at radius 2 is 2.04 bits per heavy atom. The van der Waals surface area contributed by atoms with E-state index in [2.05, 4.69) is 15.3 Å². The summed E-state index contributed by atoms with van der Waals surface area (Å²) < 4.78 is 77.9. The summed E-state index contributed by atoms with van der Waals surface area (Å²) in [7, 11) is -2.70. The maximum Gasteiger partial charge on any atom is 0.430 e. The van der Waals surface area contributed by atoms with E-state index < -0.39 is 44.7 Å². The van der Waals surface area contributed by atoms with Gasteiger partial charge in [-0.2, -0.15) is 13.2 Å². The van der Waals surface area contributed by atoms with Crippen molar-refractivity contribution in [2.45, 2.75) is 25.6 Å². The molecule has 1 atom stereocenters. The highest BCUT2D eigenvalue weighted by atomic mass is 32.2. The average Bonchev–Trinajstić information content (AvgIpc) is 2.50. The van der Waals surface area contributed by atoms with Gasteiger partial charge in [-0.15, -0.1) is 0 Å². The number of rotatable bonds is 3. The van der Waals surface area contributed by atoms with Gasteiger partial charge in [0, 0.05) is 7.05 Å². The Morgan fingerprint density at radius 3 is 2.54 bits per heavy atom. The largest absolute Gasteiger partial charge is 0.430 e. The van der Waals surface area contributed by atoms with E-state index >= 15 is 0 Å². The van der Waals surface area contributed by atoms with Crippen molar-refractivity contribution in [3.05, 3.63) is 35.4 Å². The van der Waals surface area contributed by atoms with E-state index in [9.17, 15) is 26.0 Å². The number of guanidine groups is 1. The van der Waals surface area contributed by atoms with Crippen molar-refractivity contribution in [3.8, 4) is 0 Å². The number of aliphatic imine (C=N–C) groups is 1. The molecule has 0 bridgehead atoms. The third-order valence-corrected chi connectivity index (χ3v) is 5.73. The fourth-order valence-corrected chi connectivity index (χ4v) is 3.84. The number of alkyl halides is 3. The lowest BCUT2D eigenvalue weighted by Crippen LogP contribution is -2.50. The van der Waals surface area contributed by atoms with E-state index in [-0.39, 0.29) is 11.8 Å². The van der Waals surface area contributed by atoms with Gasteiger partial charge >= 0.3 is 6.18 Å². The molecule has 0 radical (unpaired) electrons. The molecular weight excluding hydrogens is 378 g/mol. The van der Waals surface area contributed by atoms with Crippen LogP contribution in [0.2, 0.25) is 0 Å². The van der Waals surface area contributed by atoms with Crippen molar-refractivity contribution < 1.29 is 26.0 Å². The third-order valence-electron chi connectivity index (χ3n) is 3.78. The van der Waals surface area contributed by atoms with Gasteiger partial charge in [0.25, 0.3) is 0 Å². The first kappa shape index (κ1) is 19.9. The second kappa shape index (κ2) is 6.41. The number of nitrogens with two attached hydrogens (primary N) is 1. The van der Waals surface area contributed by atoms with Crippen molar-refractivity contribution >= 4 is 21.8 Å². The molecule has 0 aliphatic carbocycles. The van der Waals surface area contributed by atoms with Crippen molar-refractivity contribution in [2.75, 3.05) is 18.1 Å². The van der Waals surface area contributed by atoms with Gasteiger partial charge in [0.05, 0.1) is 0 Å². The van der Waals surface area contributed by atoms with Gasteiger partial charge in [-0.05, 0) is 26.0 Å². The highest BCUT2D eigenvalue weighted by molar-refractivity contribution is 7.89. The molecule has 7 nitrogen and oxygen atoms in total. The van der Waals surface area contributed by atoms with E-state index in [1.165, 1.54) is 20.9 Å². The van der Waals surface area contributed by atoms with Crippen LogP contribution in [-0.2, 0) is 15.6 Å². The number of pyridine rings is 1. The number of anilines is 1. The van der Waals surface area contributed by atoms with Crippen LogP contribution in [0.1, 0.15) is 19.5 Å². The summed E-state index contributed by atoms with van der Waals surface area (Å²) in [6, 6.07) is 1.89. The molecule has 144 valence electrons. The lowest BCUT2D eigenvalue weighted by atomic mass is 10.00. The lowest BCUT2D eigenvalue weighted by Gasteiger charge is -2.34. The minimum Gasteiger partial charge on any atom is -0.369 e. The molecule has 26 heavy (non-hydrogen) atoms. The fraction of sp³-hybridized carbons (Fsp3) is 0.429. The van der Waals surface area contributed by atoms with Crippen LogP contribution in [0.3, 0.4) is 0 Å². The zero-order valence-corrected chi connectivity index (χ0v) is 14.9. The first-order valence-corrected chi connectivity index (χ1v) is 8.90. The Balaban J connectivity index is 2.51. The zero-order valence-electron chi connectivity index (χ0n) is 14.1. The van der Waals surface area contributed by atoms with Crippen LogP contribution in [-0.4, -0.2) is 42.6 Å². The second-order valence-electron chi connectivity index (χ2n) is 5.82. The van der Waals surface area contributed by atoms with Gasteiger partial charge in [0.2, 0.25) is 16.0 Å². The summed E-state index contributed by atoms with van der Waals surface area (Å²) in [5, 5.41) is 2.05. The molecule has 1 aliphatic rings. The molecule has 1 aromatic heterocycles. The van der Waals surface area contributed by atoms with Crippen LogP contribution >= 0.6 is 0 Å². The summed E-state index contributed by atoms with van der Waals surface area (Å²) in [5.74, 6) is -2.23. The van der Waals surface area contributed by atoms with Crippen molar-refractivity contribution in [1.82, 2.24) is 9.29 Å². The highest BCUT2D eigenvalue weighted by Gasteiger charge is 2.43. The van der Waals surface area contributed by atoms with Crippen molar-refractivity contribution in [1.29, 1.82) is 0 Å². The van der Waals surface area contributed by atoms with Crippen LogP contribution in [0.25, 0.3) is 0 Å². The Labute approximate surface area is 147 Å². The topological polar surface area (TPSA) is 101 Å². The molecule has 0 unspecified atom stereocenters. The minimum absolute atomic E-state index is 0.307. The molecule has 0 spiro atoms. The molecule has 12 heteroatoms. The smallest absolute Gasteiger partial charge is 0.369 e. The van der Waals surface area contributed by atoms with Crippen LogP contribution < -0.4 is 11.1 Å². The van der Waals surface area contributed by atoms with Gasteiger partial charge in [0.15, 0.2) is 0 Å². The van der Waals surface area contributed by atoms with Gasteiger partial charge in [-0.3, -0.25) is 0 Å². The SMILES string of the molecule is CC=C(Nc1ccc(F)c([C@]2(C)CS(=O)(=O)N(C)C(N)=N2)n1)C(F)(F)F. The number of hydrogen-bond acceptors (Lipinski definition) is 6. The molecule has 0 saturated carbocycles. The highest BCUT2D eigenvalue weighted by Crippen LogP contribution is 2.33. The Bertz CT molecular complexity index is 882.